The monoisotopic (exact) mass is 432 g/mol. The number of hydrogen-bond acceptors (Lipinski definition) is 4. The number of benzene rings is 1. The molecule has 1 saturated heterocycles. The Morgan fingerprint density at radius 2 is 1.80 bits per heavy atom. The summed E-state index contributed by atoms with van der Waals surface area (Å²) in [6.07, 6.45) is 2.81. The van der Waals surface area contributed by atoms with Crippen LogP contribution in [0.3, 0.4) is 0 Å². The van der Waals surface area contributed by atoms with Crippen LogP contribution in [0.2, 0.25) is 0 Å². The van der Waals surface area contributed by atoms with Gasteiger partial charge in [-0.15, -0.1) is 0 Å². The van der Waals surface area contributed by atoms with Crippen molar-refractivity contribution in [3.8, 4) is 0 Å². The van der Waals surface area contributed by atoms with Gasteiger partial charge in [-0.25, -0.2) is 8.42 Å². The fourth-order valence-electron chi connectivity index (χ4n) is 4.10. The largest absolute Gasteiger partial charge is 0.324 e. The van der Waals surface area contributed by atoms with Crippen molar-refractivity contribution < 1.29 is 13.2 Å². The number of sulfonamides is 1. The summed E-state index contributed by atoms with van der Waals surface area (Å²) >= 11 is 0. The average molecular weight is 433 g/mol. The standard InChI is InChI=1S/C22H32N4O3S/c1-15(2)19-11-9-10-16(3)21(19)23-20(27)14-26-18(5)22(17(4)24-26)30(28,29)25-12-7-6-8-13-25/h9-11,15H,6-8,12-14H2,1-5H3,(H,23,27). The highest BCUT2D eigenvalue weighted by Crippen LogP contribution is 2.28. The van der Waals surface area contributed by atoms with E-state index in [9.17, 15) is 13.2 Å². The summed E-state index contributed by atoms with van der Waals surface area (Å²) in [7, 11) is -3.60. The number of rotatable bonds is 6. The van der Waals surface area contributed by atoms with Gasteiger partial charge in [0, 0.05) is 18.8 Å². The molecular weight excluding hydrogens is 400 g/mol. The summed E-state index contributed by atoms with van der Waals surface area (Å²) in [5, 5.41) is 7.39. The summed E-state index contributed by atoms with van der Waals surface area (Å²) in [4.78, 5) is 13.0. The van der Waals surface area contributed by atoms with Crippen molar-refractivity contribution in [2.45, 2.75) is 71.2 Å². The minimum atomic E-state index is -3.60. The highest BCUT2D eigenvalue weighted by atomic mass is 32.2. The first kappa shape index (κ1) is 22.5. The number of hydrogen-bond donors (Lipinski definition) is 1. The Hall–Kier alpha value is -2.19. The minimum absolute atomic E-state index is 0.0337. The molecule has 0 unspecified atom stereocenters. The molecule has 1 amide bonds. The number of carbonyl (C=O) groups excluding carboxylic acids is 1. The average Bonchev–Trinajstić information content (AvgIpc) is 2.97. The number of piperidine rings is 1. The third kappa shape index (κ3) is 4.44. The molecule has 0 atom stereocenters. The van der Waals surface area contributed by atoms with E-state index in [0.29, 0.717) is 24.5 Å². The number of anilines is 1. The van der Waals surface area contributed by atoms with Crippen LogP contribution in [0.15, 0.2) is 23.1 Å². The van der Waals surface area contributed by atoms with Gasteiger partial charge in [0.05, 0.1) is 11.4 Å². The molecule has 1 aliphatic heterocycles. The Balaban J connectivity index is 1.84. The highest BCUT2D eigenvalue weighted by Gasteiger charge is 2.32. The fourth-order valence-corrected chi connectivity index (χ4v) is 5.99. The van der Waals surface area contributed by atoms with Crippen LogP contribution in [-0.2, 0) is 21.4 Å². The Bertz CT molecular complexity index is 1030. The Morgan fingerprint density at radius 1 is 1.13 bits per heavy atom. The van der Waals surface area contributed by atoms with E-state index in [2.05, 4.69) is 24.3 Å². The molecule has 0 bridgehead atoms. The molecule has 1 aliphatic rings. The van der Waals surface area contributed by atoms with Crippen LogP contribution in [-0.4, -0.2) is 41.5 Å². The van der Waals surface area contributed by atoms with E-state index in [1.165, 1.54) is 4.68 Å². The number of nitrogens with one attached hydrogen (secondary N) is 1. The van der Waals surface area contributed by atoms with Crippen LogP contribution < -0.4 is 5.32 Å². The van der Waals surface area contributed by atoms with E-state index in [-0.39, 0.29) is 23.3 Å². The maximum Gasteiger partial charge on any atom is 0.246 e. The second-order valence-corrected chi connectivity index (χ2v) is 10.2. The first-order chi connectivity index (χ1) is 14.1. The molecule has 1 fully saturated rings. The predicted molar refractivity (Wildman–Crippen MR) is 118 cm³/mol. The van der Waals surface area contributed by atoms with Crippen LogP contribution in [0.5, 0.6) is 0 Å². The second kappa shape index (κ2) is 8.89. The number of amides is 1. The van der Waals surface area contributed by atoms with Gasteiger partial charge in [-0.2, -0.15) is 9.40 Å². The van der Waals surface area contributed by atoms with Crippen molar-refractivity contribution in [2.24, 2.45) is 0 Å². The summed E-state index contributed by atoms with van der Waals surface area (Å²) in [5.74, 6) is 0.0499. The van der Waals surface area contributed by atoms with Crippen molar-refractivity contribution >= 4 is 21.6 Å². The van der Waals surface area contributed by atoms with Crippen molar-refractivity contribution in [3.05, 3.63) is 40.7 Å². The van der Waals surface area contributed by atoms with E-state index in [1.807, 2.05) is 25.1 Å². The molecule has 2 heterocycles. The molecule has 30 heavy (non-hydrogen) atoms. The molecule has 0 radical (unpaired) electrons. The zero-order valence-electron chi connectivity index (χ0n) is 18.5. The number of carbonyl (C=O) groups is 1. The van der Waals surface area contributed by atoms with Gasteiger partial charge in [-0.3, -0.25) is 9.48 Å². The molecule has 1 aromatic heterocycles. The van der Waals surface area contributed by atoms with E-state index in [0.717, 1.165) is 36.1 Å². The summed E-state index contributed by atoms with van der Waals surface area (Å²) in [5.41, 5.74) is 3.83. The maximum absolute atomic E-state index is 13.2. The van der Waals surface area contributed by atoms with E-state index in [4.69, 9.17) is 0 Å². The van der Waals surface area contributed by atoms with Crippen LogP contribution >= 0.6 is 0 Å². The lowest BCUT2D eigenvalue weighted by atomic mass is 9.98. The Morgan fingerprint density at radius 3 is 2.43 bits per heavy atom. The van der Waals surface area contributed by atoms with Gasteiger partial charge in [-0.05, 0) is 50.7 Å². The first-order valence-electron chi connectivity index (χ1n) is 10.6. The SMILES string of the molecule is Cc1cccc(C(C)C)c1NC(=O)Cn1nc(C)c(S(=O)(=O)N2CCCCC2)c1C. The lowest BCUT2D eigenvalue weighted by Gasteiger charge is -2.26. The molecule has 1 N–H and O–H groups in total. The van der Waals surface area contributed by atoms with Gasteiger partial charge in [0.1, 0.15) is 11.4 Å². The molecule has 1 aromatic carbocycles. The first-order valence-corrected chi connectivity index (χ1v) is 12.0. The zero-order valence-corrected chi connectivity index (χ0v) is 19.3. The van der Waals surface area contributed by atoms with Crippen molar-refractivity contribution in [1.82, 2.24) is 14.1 Å². The molecule has 0 spiro atoms. The number of aromatic nitrogens is 2. The smallest absolute Gasteiger partial charge is 0.246 e. The molecule has 2 aromatic rings. The summed E-state index contributed by atoms with van der Waals surface area (Å²) in [6.45, 7) is 10.6. The van der Waals surface area contributed by atoms with Gasteiger partial charge in [-0.1, -0.05) is 38.5 Å². The molecule has 0 aliphatic carbocycles. The summed E-state index contributed by atoms with van der Waals surface area (Å²) < 4.78 is 29.3. The van der Waals surface area contributed by atoms with Gasteiger partial charge >= 0.3 is 0 Å². The molecule has 3 rings (SSSR count). The topological polar surface area (TPSA) is 84.3 Å². The van der Waals surface area contributed by atoms with E-state index < -0.39 is 10.0 Å². The molecular formula is C22H32N4O3S. The van der Waals surface area contributed by atoms with Crippen LogP contribution in [0.1, 0.15) is 61.5 Å². The third-order valence-corrected chi connectivity index (χ3v) is 7.86. The normalized spacial score (nSPS) is 15.5. The van der Waals surface area contributed by atoms with Gasteiger partial charge in [0.15, 0.2) is 0 Å². The van der Waals surface area contributed by atoms with Crippen molar-refractivity contribution in [2.75, 3.05) is 18.4 Å². The molecule has 0 saturated carbocycles. The minimum Gasteiger partial charge on any atom is -0.324 e. The number of para-hydroxylation sites is 1. The van der Waals surface area contributed by atoms with Crippen LogP contribution in [0.4, 0.5) is 5.69 Å². The van der Waals surface area contributed by atoms with Crippen molar-refractivity contribution in [3.63, 3.8) is 0 Å². The van der Waals surface area contributed by atoms with Gasteiger partial charge in [0.2, 0.25) is 15.9 Å². The van der Waals surface area contributed by atoms with Gasteiger partial charge < -0.3 is 5.32 Å². The van der Waals surface area contributed by atoms with Crippen LogP contribution in [0.25, 0.3) is 0 Å². The lowest BCUT2D eigenvalue weighted by molar-refractivity contribution is -0.117. The molecule has 7 nitrogen and oxygen atoms in total. The van der Waals surface area contributed by atoms with Gasteiger partial charge in [0.25, 0.3) is 0 Å². The predicted octanol–water partition coefficient (Wildman–Crippen LogP) is 3.75. The zero-order chi connectivity index (χ0) is 22.1. The fraction of sp³-hybridized carbons (Fsp3) is 0.545. The lowest BCUT2D eigenvalue weighted by Crippen LogP contribution is -2.36. The highest BCUT2D eigenvalue weighted by molar-refractivity contribution is 7.89. The Kier molecular flexibility index (Phi) is 6.67. The van der Waals surface area contributed by atoms with E-state index >= 15 is 0 Å². The second-order valence-electron chi connectivity index (χ2n) is 8.36. The number of nitrogens with zero attached hydrogens (tertiary/aromatic N) is 3. The third-order valence-electron chi connectivity index (χ3n) is 5.71. The summed E-state index contributed by atoms with van der Waals surface area (Å²) in [6, 6.07) is 5.97. The quantitative estimate of drug-likeness (QED) is 0.753. The molecule has 8 heteroatoms. The van der Waals surface area contributed by atoms with Crippen LogP contribution in [0, 0.1) is 20.8 Å². The number of aryl methyl sites for hydroxylation is 2. The van der Waals surface area contributed by atoms with E-state index in [1.54, 1.807) is 18.2 Å². The Labute approximate surface area is 179 Å². The van der Waals surface area contributed by atoms with Crippen molar-refractivity contribution in [1.29, 1.82) is 0 Å². The molecule has 164 valence electrons. The maximum atomic E-state index is 13.2.